The molecule has 0 aliphatic heterocycles. The molecule has 0 unspecified atom stereocenters. The van der Waals surface area contributed by atoms with Crippen LogP contribution in [-0.4, -0.2) is 16.0 Å². The molecule has 2 aromatic carbocycles. The van der Waals surface area contributed by atoms with Crippen LogP contribution in [-0.2, 0) is 0 Å². The van der Waals surface area contributed by atoms with Crippen molar-refractivity contribution >= 4 is 39.7 Å². The second-order valence-corrected chi connectivity index (χ2v) is 7.09. The van der Waals surface area contributed by atoms with E-state index in [1.165, 1.54) is 44.5 Å². The van der Waals surface area contributed by atoms with Crippen molar-refractivity contribution in [2.45, 2.75) is 38.1 Å². The first kappa shape index (κ1) is 17.0. The Kier molecular flexibility index (Phi) is 4.89. The Morgan fingerprint density at radius 1 is 0.962 bits per heavy atom. The maximum Gasteiger partial charge on any atom is 0.141 e. The van der Waals surface area contributed by atoms with Gasteiger partial charge in [0, 0.05) is 22.8 Å². The van der Waals surface area contributed by atoms with E-state index in [1.807, 2.05) is 6.07 Å². The molecule has 1 heterocycles. The third-order valence-electron chi connectivity index (χ3n) is 4.79. The number of anilines is 3. The number of hydrogen-bond acceptors (Lipinski definition) is 4. The van der Waals surface area contributed by atoms with E-state index < -0.39 is 5.82 Å². The number of fused-ring (bicyclic) bond motifs is 1. The predicted octanol–water partition coefficient (Wildman–Crippen LogP) is 5.91. The summed E-state index contributed by atoms with van der Waals surface area (Å²) in [6.07, 6.45) is 7.84. The molecule has 1 aromatic heterocycles. The van der Waals surface area contributed by atoms with Crippen molar-refractivity contribution in [3.05, 3.63) is 53.6 Å². The third-order valence-corrected chi connectivity index (χ3v) is 5.08. The Morgan fingerprint density at radius 2 is 1.77 bits per heavy atom. The molecule has 134 valence electrons. The molecule has 6 heteroatoms. The van der Waals surface area contributed by atoms with E-state index in [0.29, 0.717) is 17.5 Å². The van der Waals surface area contributed by atoms with Crippen LogP contribution in [0.5, 0.6) is 0 Å². The van der Waals surface area contributed by atoms with Gasteiger partial charge in [-0.2, -0.15) is 0 Å². The van der Waals surface area contributed by atoms with Crippen LogP contribution in [0.1, 0.15) is 32.1 Å². The van der Waals surface area contributed by atoms with Crippen molar-refractivity contribution in [3.8, 4) is 0 Å². The van der Waals surface area contributed by atoms with Crippen molar-refractivity contribution in [2.24, 2.45) is 0 Å². The molecule has 0 bridgehead atoms. The zero-order valence-corrected chi connectivity index (χ0v) is 15.1. The molecule has 4 nitrogen and oxygen atoms in total. The average Bonchev–Trinajstić information content (AvgIpc) is 2.66. The topological polar surface area (TPSA) is 49.8 Å². The summed E-state index contributed by atoms with van der Waals surface area (Å²) in [5, 5.41) is 7.83. The number of benzene rings is 2. The highest BCUT2D eigenvalue weighted by molar-refractivity contribution is 6.31. The van der Waals surface area contributed by atoms with Gasteiger partial charge in [0.1, 0.15) is 18.0 Å². The lowest BCUT2D eigenvalue weighted by atomic mass is 9.95. The van der Waals surface area contributed by atoms with Gasteiger partial charge in [0.2, 0.25) is 0 Å². The molecule has 0 saturated heterocycles. The van der Waals surface area contributed by atoms with Crippen LogP contribution in [0, 0.1) is 5.82 Å². The Bertz CT molecular complexity index is 925. The van der Waals surface area contributed by atoms with E-state index in [4.69, 9.17) is 11.6 Å². The van der Waals surface area contributed by atoms with Gasteiger partial charge in [-0.1, -0.05) is 30.9 Å². The zero-order chi connectivity index (χ0) is 17.9. The lowest BCUT2D eigenvalue weighted by Crippen LogP contribution is -2.22. The number of hydrogen-bond donors (Lipinski definition) is 2. The van der Waals surface area contributed by atoms with Crippen LogP contribution in [0.2, 0.25) is 5.02 Å². The van der Waals surface area contributed by atoms with Crippen LogP contribution in [0.25, 0.3) is 10.9 Å². The lowest BCUT2D eigenvalue weighted by Gasteiger charge is -2.24. The van der Waals surface area contributed by atoms with Crippen molar-refractivity contribution in [3.63, 3.8) is 0 Å². The maximum atomic E-state index is 13.4. The minimum absolute atomic E-state index is 0.0769. The van der Waals surface area contributed by atoms with Gasteiger partial charge in [0.05, 0.1) is 10.5 Å². The summed E-state index contributed by atoms with van der Waals surface area (Å²) in [5.74, 6) is 0.230. The molecule has 1 aliphatic carbocycles. The highest BCUT2D eigenvalue weighted by Gasteiger charge is 2.14. The molecule has 0 atom stereocenters. The summed E-state index contributed by atoms with van der Waals surface area (Å²) in [6.45, 7) is 0. The molecule has 1 aliphatic rings. The lowest BCUT2D eigenvalue weighted by molar-refractivity contribution is 0.463. The summed E-state index contributed by atoms with van der Waals surface area (Å²) in [6, 6.07) is 11.2. The van der Waals surface area contributed by atoms with Gasteiger partial charge in [0.25, 0.3) is 0 Å². The van der Waals surface area contributed by atoms with Crippen molar-refractivity contribution in [2.75, 3.05) is 10.6 Å². The number of halogens is 2. The van der Waals surface area contributed by atoms with Gasteiger partial charge in [0.15, 0.2) is 0 Å². The molecule has 0 amide bonds. The highest BCUT2D eigenvalue weighted by Crippen LogP contribution is 2.29. The SMILES string of the molecule is Fc1ccc(Nc2ncnc3ccc(NC4CCCCC4)cc23)cc1Cl. The monoisotopic (exact) mass is 370 g/mol. The largest absolute Gasteiger partial charge is 0.382 e. The summed E-state index contributed by atoms with van der Waals surface area (Å²) in [5.41, 5.74) is 2.60. The third kappa shape index (κ3) is 3.73. The fraction of sp³-hybridized carbons (Fsp3) is 0.300. The predicted molar refractivity (Wildman–Crippen MR) is 105 cm³/mol. The first-order valence-corrected chi connectivity index (χ1v) is 9.30. The smallest absolute Gasteiger partial charge is 0.141 e. The van der Waals surface area contributed by atoms with Crippen LogP contribution < -0.4 is 10.6 Å². The molecule has 0 radical (unpaired) electrons. The van der Waals surface area contributed by atoms with Crippen LogP contribution in [0.4, 0.5) is 21.6 Å². The van der Waals surface area contributed by atoms with E-state index in [2.05, 4.69) is 32.7 Å². The quantitative estimate of drug-likeness (QED) is 0.599. The second kappa shape index (κ2) is 7.46. The highest BCUT2D eigenvalue weighted by atomic mass is 35.5. The minimum Gasteiger partial charge on any atom is -0.382 e. The van der Waals surface area contributed by atoms with Gasteiger partial charge in [-0.05, 0) is 49.2 Å². The average molecular weight is 371 g/mol. The Hall–Kier alpha value is -2.40. The van der Waals surface area contributed by atoms with E-state index in [1.54, 1.807) is 12.1 Å². The van der Waals surface area contributed by atoms with E-state index >= 15 is 0 Å². The first-order valence-electron chi connectivity index (χ1n) is 8.92. The molecular weight excluding hydrogens is 351 g/mol. The zero-order valence-electron chi connectivity index (χ0n) is 14.3. The summed E-state index contributed by atoms with van der Waals surface area (Å²) in [4.78, 5) is 8.69. The van der Waals surface area contributed by atoms with Gasteiger partial charge in [-0.3, -0.25) is 0 Å². The number of nitrogens with zero attached hydrogens (tertiary/aromatic N) is 2. The number of rotatable bonds is 4. The summed E-state index contributed by atoms with van der Waals surface area (Å²) in [7, 11) is 0. The van der Waals surface area contributed by atoms with Gasteiger partial charge in [-0.25, -0.2) is 14.4 Å². The molecule has 1 fully saturated rings. The molecule has 26 heavy (non-hydrogen) atoms. The molecular formula is C20H20ClFN4. The minimum atomic E-state index is -0.441. The van der Waals surface area contributed by atoms with Crippen LogP contribution in [0.15, 0.2) is 42.7 Å². The van der Waals surface area contributed by atoms with Crippen molar-refractivity contribution < 1.29 is 4.39 Å². The number of aromatic nitrogens is 2. The van der Waals surface area contributed by atoms with E-state index in [-0.39, 0.29) is 5.02 Å². The van der Waals surface area contributed by atoms with E-state index in [9.17, 15) is 4.39 Å². The Morgan fingerprint density at radius 3 is 2.58 bits per heavy atom. The van der Waals surface area contributed by atoms with Crippen LogP contribution >= 0.6 is 11.6 Å². The van der Waals surface area contributed by atoms with Crippen molar-refractivity contribution in [1.29, 1.82) is 0 Å². The number of nitrogens with one attached hydrogen (secondary N) is 2. The Labute approximate surface area is 156 Å². The molecule has 0 spiro atoms. The molecule has 2 N–H and O–H groups in total. The first-order chi connectivity index (χ1) is 12.7. The molecule has 4 rings (SSSR count). The molecule has 1 saturated carbocycles. The Balaban J connectivity index is 1.63. The second-order valence-electron chi connectivity index (χ2n) is 6.69. The van der Waals surface area contributed by atoms with Crippen LogP contribution in [0.3, 0.4) is 0 Å². The summed E-state index contributed by atoms with van der Waals surface area (Å²) >= 11 is 5.87. The maximum absolute atomic E-state index is 13.4. The molecule has 3 aromatic rings. The fourth-order valence-corrected chi connectivity index (χ4v) is 3.62. The van der Waals surface area contributed by atoms with E-state index in [0.717, 1.165) is 16.6 Å². The van der Waals surface area contributed by atoms with Crippen molar-refractivity contribution in [1.82, 2.24) is 9.97 Å². The summed E-state index contributed by atoms with van der Waals surface area (Å²) < 4.78 is 13.4. The van der Waals surface area contributed by atoms with Gasteiger partial charge < -0.3 is 10.6 Å². The van der Waals surface area contributed by atoms with Gasteiger partial charge in [-0.15, -0.1) is 0 Å². The van der Waals surface area contributed by atoms with Gasteiger partial charge >= 0.3 is 0 Å². The standard InChI is InChI=1S/C20H20ClFN4/c21-17-11-15(6-8-18(17)22)26-20-16-10-14(7-9-19(16)23-12-24-20)25-13-4-2-1-3-5-13/h6-13,25H,1-5H2,(H,23,24,26). The fourth-order valence-electron chi connectivity index (χ4n) is 3.44. The normalized spacial score (nSPS) is 15.2.